The van der Waals surface area contributed by atoms with Gasteiger partial charge < -0.3 is 14.8 Å². The maximum Gasteiger partial charge on any atom is 0.123 e. The SMILES string of the molecule is O=CC1CC2COCC(C1)N2. The molecule has 0 radical (unpaired) electrons. The van der Waals surface area contributed by atoms with Gasteiger partial charge in [0.25, 0.3) is 0 Å². The van der Waals surface area contributed by atoms with Crippen molar-refractivity contribution in [2.45, 2.75) is 24.9 Å². The number of fused-ring (bicyclic) bond motifs is 2. The molecule has 62 valence electrons. The molecule has 3 nitrogen and oxygen atoms in total. The van der Waals surface area contributed by atoms with E-state index in [2.05, 4.69) is 5.32 Å². The van der Waals surface area contributed by atoms with E-state index in [1.54, 1.807) is 0 Å². The zero-order valence-corrected chi connectivity index (χ0v) is 6.45. The number of ether oxygens (including phenoxy) is 1. The van der Waals surface area contributed by atoms with Crippen molar-refractivity contribution >= 4 is 6.29 Å². The van der Waals surface area contributed by atoms with Crippen LogP contribution < -0.4 is 5.32 Å². The first-order valence-electron chi connectivity index (χ1n) is 4.17. The lowest BCUT2D eigenvalue weighted by Gasteiger charge is -2.38. The van der Waals surface area contributed by atoms with E-state index in [9.17, 15) is 4.79 Å². The summed E-state index contributed by atoms with van der Waals surface area (Å²) >= 11 is 0. The Labute approximate surface area is 66.1 Å². The first kappa shape index (κ1) is 7.25. The number of aldehydes is 1. The van der Waals surface area contributed by atoms with E-state index < -0.39 is 0 Å². The summed E-state index contributed by atoms with van der Waals surface area (Å²) in [4.78, 5) is 10.5. The standard InChI is InChI=1S/C8H13NO2/c10-3-6-1-7-4-11-5-8(2-6)9-7/h3,6-9H,1-2,4-5H2. The molecule has 0 aromatic rings. The summed E-state index contributed by atoms with van der Waals surface area (Å²) in [5, 5.41) is 3.43. The zero-order valence-electron chi connectivity index (χ0n) is 6.45. The molecule has 0 saturated carbocycles. The van der Waals surface area contributed by atoms with E-state index in [0.717, 1.165) is 32.3 Å². The van der Waals surface area contributed by atoms with Gasteiger partial charge in [-0.2, -0.15) is 0 Å². The Balaban J connectivity index is 1.99. The Kier molecular flexibility index (Phi) is 1.92. The second kappa shape index (κ2) is 2.91. The number of carbonyl (C=O) groups is 1. The summed E-state index contributed by atoms with van der Waals surface area (Å²) in [5.41, 5.74) is 0. The van der Waals surface area contributed by atoms with Crippen LogP contribution in [0.15, 0.2) is 0 Å². The van der Waals surface area contributed by atoms with Gasteiger partial charge in [0.1, 0.15) is 6.29 Å². The molecule has 11 heavy (non-hydrogen) atoms. The number of morpholine rings is 1. The van der Waals surface area contributed by atoms with Gasteiger partial charge in [0.05, 0.1) is 13.2 Å². The molecule has 2 fully saturated rings. The fourth-order valence-electron chi connectivity index (χ4n) is 1.99. The van der Waals surface area contributed by atoms with Crippen LogP contribution in [0.2, 0.25) is 0 Å². The van der Waals surface area contributed by atoms with Crippen LogP contribution in [-0.2, 0) is 9.53 Å². The highest BCUT2D eigenvalue weighted by molar-refractivity contribution is 5.54. The van der Waals surface area contributed by atoms with E-state index in [0.29, 0.717) is 12.1 Å². The van der Waals surface area contributed by atoms with Crippen LogP contribution in [-0.4, -0.2) is 31.6 Å². The van der Waals surface area contributed by atoms with Gasteiger partial charge in [0.2, 0.25) is 0 Å². The van der Waals surface area contributed by atoms with Gasteiger partial charge >= 0.3 is 0 Å². The molecule has 2 heterocycles. The lowest BCUT2D eigenvalue weighted by Crippen LogP contribution is -2.54. The Bertz CT molecular complexity index is 148. The number of hydrogen-bond donors (Lipinski definition) is 1. The predicted octanol–water partition coefficient (Wildman–Crippen LogP) is -0.0477. The summed E-state index contributed by atoms with van der Waals surface area (Å²) in [6.07, 6.45) is 3.01. The fourth-order valence-corrected chi connectivity index (χ4v) is 1.99. The molecule has 3 heteroatoms. The minimum atomic E-state index is 0.273. The predicted molar refractivity (Wildman–Crippen MR) is 40.3 cm³/mol. The van der Waals surface area contributed by atoms with Crippen LogP contribution in [0.4, 0.5) is 0 Å². The minimum absolute atomic E-state index is 0.273. The lowest BCUT2D eigenvalue weighted by atomic mass is 9.88. The van der Waals surface area contributed by atoms with Gasteiger partial charge in [-0.05, 0) is 12.8 Å². The quantitative estimate of drug-likeness (QED) is 0.540. The second-order valence-corrected chi connectivity index (χ2v) is 3.47. The van der Waals surface area contributed by atoms with Crippen LogP contribution in [0.3, 0.4) is 0 Å². The van der Waals surface area contributed by atoms with Crippen molar-refractivity contribution in [1.82, 2.24) is 5.32 Å². The third-order valence-corrected chi connectivity index (χ3v) is 2.48. The Morgan fingerprint density at radius 2 is 1.91 bits per heavy atom. The number of piperidine rings is 1. The highest BCUT2D eigenvalue weighted by atomic mass is 16.5. The molecule has 0 aromatic heterocycles. The van der Waals surface area contributed by atoms with Crippen molar-refractivity contribution in [2.24, 2.45) is 5.92 Å². The van der Waals surface area contributed by atoms with Crippen molar-refractivity contribution in [2.75, 3.05) is 13.2 Å². The molecule has 0 aromatic carbocycles. The monoisotopic (exact) mass is 155 g/mol. The molecule has 2 aliphatic rings. The number of carbonyl (C=O) groups excluding carboxylic acids is 1. The Hall–Kier alpha value is -0.410. The molecule has 2 rings (SSSR count). The number of rotatable bonds is 1. The molecule has 2 bridgehead atoms. The van der Waals surface area contributed by atoms with Crippen LogP contribution in [0, 0.1) is 5.92 Å². The maximum absolute atomic E-state index is 10.5. The first-order valence-corrected chi connectivity index (χ1v) is 4.17. The highest BCUT2D eigenvalue weighted by Crippen LogP contribution is 2.21. The molecule has 0 aliphatic carbocycles. The first-order chi connectivity index (χ1) is 5.38. The van der Waals surface area contributed by atoms with Crippen LogP contribution in [0.25, 0.3) is 0 Å². The molecule has 1 N–H and O–H groups in total. The third-order valence-electron chi connectivity index (χ3n) is 2.48. The maximum atomic E-state index is 10.5. The average molecular weight is 155 g/mol. The number of nitrogens with one attached hydrogen (secondary N) is 1. The number of hydrogen-bond acceptors (Lipinski definition) is 3. The van der Waals surface area contributed by atoms with Crippen molar-refractivity contribution in [1.29, 1.82) is 0 Å². The van der Waals surface area contributed by atoms with Gasteiger partial charge in [-0.1, -0.05) is 0 Å². The lowest BCUT2D eigenvalue weighted by molar-refractivity contribution is -0.113. The average Bonchev–Trinajstić information content (AvgIpc) is 2.03. The molecular weight excluding hydrogens is 142 g/mol. The Morgan fingerprint density at radius 3 is 2.45 bits per heavy atom. The van der Waals surface area contributed by atoms with Crippen molar-refractivity contribution < 1.29 is 9.53 Å². The molecule has 2 aliphatic heterocycles. The zero-order chi connectivity index (χ0) is 7.68. The van der Waals surface area contributed by atoms with E-state index in [1.165, 1.54) is 0 Å². The van der Waals surface area contributed by atoms with E-state index >= 15 is 0 Å². The van der Waals surface area contributed by atoms with Crippen LogP contribution in [0.5, 0.6) is 0 Å². The van der Waals surface area contributed by atoms with E-state index in [4.69, 9.17) is 4.74 Å². The molecule has 2 unspecified atom stereocenters. The highest BCUT2D eigenvalue weighted by Gasteiger charge is 2.31. The topological polar surface area (TPSA) is 38.3 Å². The van der Waals surface area contributed by atoms with Crippen LogP contribution in [0.1, 0.15) is 12.8 Å². The molecule has 0 amide bonds. The molecular formula is C8H13NO2. The van der Waals surface area contributed by atoms with Gasteiger partial charge in [-0.25, -0.2) is 0 Å². The largest absolute Gasteiger partial charge is 0.378 e. The molecule has 2 saturated heterocycles. The third kappa shape index (κ3) is 1.44. The van der Waals surface area contributed by atoms with Crippen molar-refractivity contribution in [3.05, 3.63) is 0 Å². The summed E-state index contributed by atoms with van der Waals surface area (Å²) in [6.45, 7) is 1.56. The summed E-state index contributed by atoms with van der Waals surface area (Å²) in [7, 11) is 0. The van der Waals surface area contributed by atoms with Crippen LogP contribution >= 0.6 is 0 Å². The summed E-state index contributed by atoms with van der Waals surface area (Å²) < 4.78 is 5.35. The summed E-state index contributed by atoms with van der Waals surface area (Å²) in [6, 6.07) is 0.857. The van der Waals surface area contributed by atoms with Crippen molar-refractivity contribution in [3.63, 3.8) is 0 Å². The van der Waals surface area contributed by atoms with E-state index in [1.807, 2.05) is 0 Å². The van der Waals surface area contributed by atoms with Crippen molar-refractivity contribution in [3.8, 4) is 0 Å². The minimum Gasteiger partial charge on any atom is -0.378 e. The normalized spacial score (nSPS) is 43.5. The molecule has 0 spiro atoms. The second-order valence-electron chi connectivity index (χ2n) is 3.47. The molecule has 2 atom stereocenters. The smallest absolute Gasteiger partial charge is 0.123 e. The van der Waals surface area contributed by atoms with E-state index in [-0.39, 0.29) is 5.92 Å². The van der Waals surface area contributed by atoms with Gasteiger partial charge in [-0.3, -0.25) is 0 Å². The Morgan fingerprint density at radius 1 is 1.27 bits per heavy atom. The van der Waals surface area contributed by atoms with Gasteiger partial charge in [-0.15, -0.1) is 0 Å². The van der Waals surface area contributed by atoms with Gasteiger partial charge in [0.15, 0.2) is 0 Å². The summed E-state index contributed by atoms with van der Waals surface area (Å²) in [5.74, 6) is 0.273. The fraction of sp³-hybridized carbons (Fsp3) is 0.875. The van der Waals surface area contributed by atoms with Gasteiger partial charge in [0, 0.05) is 18.0 Å².